The molecule has 106 valence electrons. The van der Waals surface area contributed by atoms with Crippen LogP contribution in [0.4, 0.5) is 0 Å². The zero-order chi connectivity index (χ0) is 14.4. The summed E-state index contributed by atoms with van der Waals surface area (Å²) >= 11 is 0. The average Bonchev–Trinajstić information content (AvgIpc) is 2.94. The van der Waals surface area contributed by atoms with Gasteiger partial charge in [-0.15, -0.1) is 0 Å². The number of hydrogen-bond donors (Lipinski definition) is 0. The van der Waals surface area contributed by atoms with E-state index in [0.717, 1.165) is 23.4 Å². The van der Waals surface area contributed by atoms with Crippen molar-refractivity contribution in [2.75, 3.05) is 0 Å². The van der Waals surface area contributed by atoms with Gasteiger partial charge in [0.25, 0.3) is 0 Å². The van der Waals surface area contributed by atoms with Crippen LogP contribution in [0, 0.1) is 0 Å². The number of para-hydroxylation sites is 1. The second-order valence-electron chi connectivity index (χ2n) is 5.94. The Balaban J connectivity index is 1.78. The molecule has 1 aromatic carbocycles. The quantitative estimate of drug-likeness (QED) is 0.803. The molecule has 0 saturated carbocycles. The number of ether oxygens (including phenoxy) is 1. The minimum atomic E-state index is -0.441. The Morgan fingerprint density at radius 2 is 2.05 bits per heavy atom. The number of hydrogen-bond acceptors (Lipinski definition) is 4. The van der Waals surface area contributed by atoms with Crippen molar-refractivity contribution in [1.82, 2.24) is 9.99 Å². The van der Waals surface area contributed by atoms with Crippen LogP contribution in [-0.4, -0.2) is 21.4 Å². The van der Waals surface area contributed by atoms with Gasteiger partial charge >= 0.3 is 0 Å². The fraction of sp³-hybridized carbons (Fsp3) is 0.294. The fourth-order valence-electron chi connectivity index (χ4n) is 3.12. The van der Waals surface area contributed by atoms with Crippen LogP contribution in [0.1, 0.15) is 37.4 Å². The van der Waals surface area contributed by atoms with Gasteiger partial charge in [0.05, 0.1) is 11.8 Å². The first kappa shape index (κ1) is 12.4. The first-order valence-electron chi connectivity index (χ1n) is 7.20. The molecule has 0 unspecified atom stereocenters. The molecule has 0 aliphatic carbocycles. The van der Waals surface area contributed by atoms with Gasteiger partial charge in [-0.2, -0.15) is 5.10 Å². The van der Waals surface area contributed by atoms with Crippen molar-refractivity contribution in [2.24, 2.45) is 5.10 Å². The van der Waals surface area contributed by atoms with E-state index in [1.54, 1.807) is 6.20 Å². The molecule has 4 rings (SSSR count). The molecule has 4 heteroatoms. The van der Waals surface area contributed by atoms with Crippen LogP contribution >= 0.6 is 0 Å². The van der Waals surface area contributed by atoms with Crippen LogP contribution in [0.2, 0.25) is 0 Å². The molecule has 0 N–H and O–H groups in total. The number of hydrazone groups is 1. The summed E-state index contributed by atoms with van der Waals surface area (Å²) in [5.41, 5.74) is 2.92. The van der Waals surface area contributed by atoms with Gasteiger partial charge in [0.1, 0.15) is 5.75 Å². The summed E-state index contributed by atoms with van der Waals surface area (Å²) in [7, 11) is 0. The maximum Gasteiger partial charge on any atom is 0.192 e. The van der Waals surface area contributed by atoms with E-state index in [9.17, 15) is 0 Å². The number of pyridine rings is 1. The second kappa shape index (κ2) is 4.32. The number of nitrogens with zero attached hydrogens (tertiary/aromatic N) is 3. The molecular formula is C17H17N3O. The standard InChI is InChI=1S/C17H17N3O/c1-17(2)20-15(13-7-3-4-8-16(13)21-17)10-14(19-20)12-6-5-9-18-11-12/h3-9,11,15H,10H2,1-2H3/t15-/m0/s1. The third-order valence-corrected chi connectivity index (χ3v) is 4.09. The summed E-state index contributed by atoms with van der Waals surface area (Å²) in [5.74, 6) is 0.964. The van der Waals surface area contributed by atoms with E-state index in [1.807, 2.05) is 24.4 Å². The molecule has 2 aromatic rings. The lowest BCUT2D eigenvalue weighted by atomic mass is 9.96. The van der Waals surface area contributed by atoms with Crippen LogP contribution in [0.3, 0.4) is 0 Å². The van der Waals surface area contributed by atoms with E-state index in [4.69, 9.17) is 9.84 Å². The first-order chi connectivity index (χ1) is 10.1. The minimum Gasteiger partial charge on any atom is -0.467 e. The van der Waals surface area contributed by atoms with Gasteiger partial charge < -0.3 is 4.74 Å². The van der Waals surface area contributed by atoms with Crippen molar-refractivity contribution in [3.8, 4) is 5.75 Å². The zero-order valence-electron chi connectivity index (χ0n) is 12.2. The van der Waals surface area contributed by atoms with E-state index in [0.29, 0.717) is 0 Å². The van der Waals surface area contributed by atoms with E-state index < -0.39 is 5.72 Å². The second-order valence-corrected chi connectivity index (χ2v) is 5.94. The normalized spacial score (nSPS) is 22.1. The van der Waals surface area contributed by atoms with Crippen LogP contribution in [0.15, 0.2) is 53.9 Å². The molecule has 0 amide bonds. The highest BCUT2D eigenvalue weighted by molar-refractivity contribution is 6.01. The third kappa shape index (κ3) is 1.90. The number of rotatable bonds is 1. The van der Waals surface area contributed by atoms with Gasteiger partial charge in [0, 0.05) is 29.9 Å². The summed E-state index contributed by atoms with van der Waals surface area (Å²) in [4.78, 5) is 4.20. The number of aromatic nitrogens is 1. The Labute approximate surface area is 124 Å². The highest BCUT2D eigenvalue weighted by Gasteiger charge is 2.44. The lowest BCUT2D eigenvalue weighted by Gasteiger charge is -2.43. The average molecular weight is 279 g/mol. The van der Waals surface area contributed by atoms with Gasteiger partial charge in [0.2, 0.25) is 0 Å². The first-order valence-corrected chi connectivity index (χ1v) is 7.20. The topological polar surface area (TPSA) is 37.7 Å². The Morgan fingerprint density at radius 1 is 1.19 bits per heavy atom. The lowest BCUT2D eigenvalue weighted by Crippen LogP contribution is -2.48. The summed E-state index contributed by atoms with van der Waals surface area (Å²) in [6.45, 7) is 4.12. The van der Waals surface area contributed by atoms with Crippen molar-refractivity contribution in [3.63, 3.8) is 0 Å². The predicted octanol–water partition coefficient (Wildman–Crippen LogP) is 3.36. The van der Waals surface area contributed by atoms with Gasteiger partial charge in [-0.3, -0.25) is 4.98 Å². The van der Waals surface area contributed by atoms with Crippen LogP contribution in [0.5, 0.6) is 5.75 Å². The fourth-order valence-corrected chi connectivity index (χ4v) is 3.12. The highest BCUT2D eigenvalue weighted by atomic mass is 16.5. The molecule has 2 aliphatic heterocycles. The molecule has 2 aliphatic rings. The molecule has 3 heterocycles. The van der Waals surface area contributed by atoms with Gasteiger partial charge in [0.15, 0.2) is 5.72 Å². The van der Waals surface area contributed by atoms with E-state index in [-0.39, 0.29) is 6.04 Å². The van der Waals surface area contributed by atoms with Crippen molar-refractivity contribution in [2.45, 2.75) is 32.0 Å². The van der Waals surface area contributed by atoms with Crippen molar-refractivity contribution in [1.29, 1.82) is 0 Å². The predicted molar refractivity (Wildman–Crippen MR) is 81.1 cm³/mol. The molecule has 21 heavy (non-hydrogen) atoms. The molecule has 0 spiro atoms. The Bertz CT molecular complexity index is 709. The molecule has 0 bridgehead atoms. The summed E-state index contributed by atoms with van der Waals surface area (Å²) in [5, 5.41) is 6.90. The van der Waals surface area contributed by atoms with Gasteiger partial charge in [-0.1, -0.05) is 24.3 Å². The Morgan fingerprint density at radius 3 is 2.86 bits per heavy atom. The Kier molecular flexibility index (Phi) is 2.55. The monoisotopic (exact) mass is 279 g/mol. The molecule has 1 aromatic heterocycles. The maximum atomic E-state index is 6.12. The van der Waals surface area contributed by atoms with E-state index in [1.165, 1.54) is 5.56 Å². The molecule has 1 atom stereocenters. The summed E-state index contributed by atoms with van der Waals surface area (Å²) in [6.07, 6.45) is 4.54. The van der Waals surface area contributed by atoms with E-state index >= 15 is 0 Å². The smallest absolute Gasteiger partial charge is 0.192 e. The molecule has 0 fully saturated rings. The third-order valence-electron chi connectivity index (χ3n) is 4.09. The summed E-state index contributed by atoms with van der Waals surface area (Å²) in [6, 6.07) is 12.5. The summed E-state index contributed by atoms with van der Waals surface area (Å²) < 4.78 is 6.12. The number of fused-ring (bicyclic) bond motifs is 3. The van der Waals surface area contributed by atoms with Gasteiger partial charge in [-0.05, 0) is 26.0 Å². The molecule has 4 nitrogen and oxygen atoms in total. The number of benzene rings is 1. The van der Waals surface area contributed by atoms with E-state index in [2.05, 4.69) is 42.0 Å². The lowest BCUT2D eigenvalue weighted by molar-refractivity contribution is -0.0911. The Hall–Kier alpha value is -2.36. The maximum absolute atomic E-state index is 6.12. The molecule has 0 radical (unpaired) electrons. The van der Waals surface area contributed by atoms with Crippen molar-refractivity contribution >= 4 is 5.71 Å². The largest absolute Gasteiger partial charge is 0.467 e. The molecular weight excluding hydrogens is 262 g/mol. The SMILES string of the molecule is CC1(C)Oc2ccccc2[C@@H]2CC(c3cccnc3)=NN21. The highest BCUT2D eigenvalue weighted by Crippen LogP contribution is 2.46. The zero-order valence-corrected chi connectivity index (χ0v) is 12.2. The van der Waals surface area contributed by atoms with Crippen LogP contribution in [-0.2, 0) is 0 Å². The van der Waals surface area contributed by atoms with Crippen LogP contribution in [0.25, 0.3) is 0 Å². The molecule has 0 saturated heterocycles. The van der Waals surface area contributed by atoms with Crippen LogP contribution < -0.4 is 4.74 Å². The minimum absolute atomic E-state index is 0.236. The van der Waals surface area contributed by atoms with Crippen molar-refractivity contribution < 1.29 is 4.74 Å². The van der Waals surface area contributed by atoms with Crippen molar-refractivity contribution in [3.05, 3.63) is 59.9 Å². The van der Waals surface area contributed by atoms with Gasteiger partial charge in [-0.25, -0.2) is 5.01 Å².